The van der Waals surface area contributed by atoms with Gasteiger partial charge in [0.2, 0.25) is 0 Å². The predicted molar refractivity (Wildman–Crippen MR) is 64.5 cm³/mol. The van der Waals surface area contributed by atoms with E-state index in [1.165, 1.54) is 0 Å². The Morgan fingerprint density at radius 3 is 2.06 bits per heavy atom. The predicted octanol–water partition coefficient (Wildman–Crippen LogP) is 3.29. The van der Waals surface area contributed by atoms with Crippen LogP contribution >= 0.6 is 0 Å². The van der Waals surface area contributed by atoms with Crippen LogP contribution < -0.4 is 4.74 Å². The SMILES string of the molecule is C=C(C)C(=O)O[c-]1cccc1.[Fe+2].c1cc[cH-]c1. The van der Waals surface area contributed by atoms with Gasteiger partial charge < -0.3 is 9.53 Å². The van der Waals surface area contributed by atoms with Crippen LogP contribution in [0.4, 0.5) is 0 Å². The smallest absolute Gasteiger partial charge is 0.515 e. The van der Waals surface area contributed by atoms with Crippen molar-refractivity contribution in [3.63, 3.8) is 0 Å². The van der Waals surface area contributed by atoms with Crippen molar-refractivity contribution < 1.29 is 26.6 Å². The maximum Gasteiger partial charge on any atom is 2.00 e. The summed E-state index contributed by atoms with van der Waals surface area (Å²) in [6.45, 7) is 5.08. The van der Waals surface area contributed by atoms with Gasteiger partial charge in [0.15, 0.2) is 0 Å². The molecule has 2 aromatic carbocycles. The molecule has 17 heavy (non-hydrogen) atoms. The van der Waals surface area contributed by atoms with Gasteiger partial charge in [-0.25, -0.2) is 12.1 Å². The molecule has 0 saturated carbocycles. The normalized spacial score (nSPS) is 8.29. The summed E-state index contributed by atoms with van der Waals surface area (Å²) in [5.74, 6) is 0.189. The molecule has 0 aliphatic rings. The second-order valence-corrected chi connectivity index (χ2v) is 3.25. The van der Waals surface area contributed by atoms with Crippen molar-refractivity contribution in [3.05, 3.63) is 66.7 Å². The molecule has 0 aliphatic carbocycles. The van der Waals surface area contributed by atoms with Gasteiger partial charge in [0, 0.05) is 5.75 Å². The van der Waals surface area contributed by atoms with E-state index in [1.54, 1.807) is 31.2 Å². The summed E-state index contributed by atoms with van der Waals surface area (Å²) in [5, 5.41) is 0. The van der Waals surface area contributed by atoms with Crippen LogP contribution in [0.5, 0.6) is 5.75 Å². The molecule has 0 aliphatic heterocycles. The van der Waals surface area contributed by atoms with Gasteiger partial charge in [0.05, 0.1) is 0 Å². The van der Waals surface area contributed by atoms with Crippen LogP contribution in [0, 0.1) is 0 Å². The van der Waals surface area contributed by atoms with Gasteiger partial charge in [0.1, 0.15) is 0 Å². The molecule has 2 aromatic rings. The summed E-state index contributed by atoms with van der Waals surface area (Å²) in [6, 6.07) is 17.1. The van der Waals surface area contributed by atoms with Crippen molar-refractivity contribution in [1.29, 1.82) is 0 Å². The molecule has 3 heteroatoms. The van der Waals surface area contributed by atoms with Crippen molar-refractivity contribution >= 4 is 5.97 Å². The van der Waals surface area contributed by atoms with E-state index in [0.717, 1.165) is 0 Å². The Morgan fingerprint density at radius 1 is 1.18 bits per heavy atom. The van der Waals surface area contributed by atoms with E-state index in [9.17, 15) is 4.79 Å². The second kappa shape index (κ2) is 8.57. The standard InChI is InChI=1S/C9H9O2.C5H5.Fe/c1-7(2)9(10)11-8-5-3-4-6-8;1-2-4-5-3-1;/h3-6H,1H2,2H3;1-5H;/q2*-1;+2. The molecule has 0 bridgehead atoms. The molecule has 0 atom stereocenters. The second-order valence-electron chi connectivity index (χ2n) is 3.25. The Hall–Kier alpha value is -1.57. The maximum atomic E-state index is 10.9. The third kappa shape index (κ3) is 6.56. The summed E-state index contributed by atoms with van der Waals surface area (Å²) in [7, 11) is 0. The number of carbonyl (C=O) groups is 1. The van der Waals surface area contributed by atoms with Crippen LogP contribution in [0.15, 0.2) is 66.7 Å². The fourth-order valence-corrected chi connectivity index (χ4v) is 0.939. The maximum absolute atomic E-state index is 10.9. The fraction of sp³-hybridized carbons (Fsp3) is 0.0714. The van der Waals surface area contributed by atoms with Crippen LogP contribution in [0.25, 0.3) is 0 Å². The molecule has 90 valence electrons. The summed E-state index contributed by atoms with van der Waals surface area (Å²) >= 11 is 0. The Balaban J connectivity index is 0.000000360. The van der Waals surface area contributed by atoms with Crippen molar-refractivity contribution in [1.82, 2.24) is 0 Å². The summed E-state index contributed by atoms with van der Waals surface area (Å²) < 4.78 is 4.88. The van der Waals surface area contributed by atoms with E-state index >= 15 is 0 Å². The molecule has 0 saturated heterocycles. The minimum Gasteiger partial charge on any atom is -0.515 e. The van der Waals surface area contributed by atoms with E-state index in [-0.39, 0.29) is 23.0 Å². The Bertz CT molecular complexity index is 396. The van der Waals surface area contributed by atoms with E-state index in [4.69, 9.17) is 4.74 Å². The quantitative estimate of drug-likeness (QED) is 0.362. The molecule has 0 unspecified atom stereocenters. The average Bonchev–Trinajstić information content (AvgIpc) is 2.92. The van der Waals surface area contributed by atoms with E-state index < -0.39 is 0 Å². The molecule has 2 rings (SSSR count). The number of ether oxygens (including phenoxy) is 1. The first-order chi connectivity index (χ1) is 7.70. The largest absolute Gasteiger partial charge is 2.00 e. The van der Waals surface area contributed by atoms with Gasteiger partial charge >= 0.3 is 17.1 Å². The first-order valence-corrected chi connectivity index (χ1v) is 4.96. The molecule has 0 aromatic heterocycles. The Kier molecular flexibility index (Phi) is 7.78. The van der Waals surface area contributed by atoms with Crippen molar-refractivity contribution in [2.24, 2.45) is 0 Å². The zero-order valence-electron chi connectivity index (χ0n) is 9.57. The molecule has 2 nitrogen and oxygen atoms in total. The van der Waals surface area contributed by atoms with Gasteiger partial charge in [-0.05, 0) is 12.5 Å². The number of rotatable bonds is 2. The van der Waals surface area contributed by atoms with Crippen LogP contribution in [-0.4, -0.2) is 5.97 Å². The Labute approximate surface area is 112 Å². The Morgan fingerprint density at radius 2 is 1.71 bits per heavy atom. The minimum absolute atomic E-state index is 0. The third-order valence-corrected chi connectivity index (χ3v) is 1.75. The van der Waals surface area contributed by atoms with Gasteiger partial charge in [-0.1, -0.05) is 6.58 Å². The first-order valence-electron chi connectivity index (χ1n) is 4.96. The molecular weight excluding hydrogens is 256 g/mol. The molecule has 0 spiro atoms. The monoisotopic (exact) mass is 270 g/mol. The van der Waals surface area contributed by atoms with Crippen molar-refractivity contribution in [2.75, 3.05) is 0 Å². The number of hydrogen-bond acceptors (Lipinski definition) is 2. The summed E-state index contributed by atoms with van der Waals surface area (Å²) in [5.41, 5.74) is 0.409. The third-order valence-electron chi connectivity index (χ3n) is 1.75. The van der Waals surface area contributed by atoms with Crippen LogP contribution in [0.1, 0.15) is 6.92 Å². The molecule has 0 fully saturated rings. The van der Waals surface area contributed by atoms with E-state index in [1.807, 2.05) is 30.3 Å². The minimum atomic E-state index is -0.379. The first kappa shape index (κ1) is 15.4. The van der Waals surface area contributed by atoms with E-state index in [0.29, 0.717) is 11.3 Å². The zero-order chi connectivity index (χ0) is 11.8. The van der Waals surface area contributed by atoms with Crippen molar-refractivity contribution in [2.45, 2.75) is 6.92 Å². The summed E-state index contributed by atoms with van der Waals surface area (Å²) in [4.78, 5) is 10.9. The number of esters is 1. The topological polar surface area (TPSA) is 26.3 Å². The molecule has 0 heterocycles. The molecule has 0 radical (unpaired) electrons. The van der Waals surface area contributed by atoms with Gasteiger partial charge in [-0.3, -0.25) is 0 Å². The molecular formula is C14H14FeO2. The number of hydrogen-bond donors (Lipinski definition) is 0. The van der Waals surface area contributed by atoms with Crippen LogP contribution in [-0.2, 0) is 21.9 Å². The van der Waals surface area contributed by atoms with Crippen LogP contribution in [0.2, 0.25) is 0 Å². The van der Waals surface area contributed by atoms with Crippen molar-refractivity contribution in [3.8, 4) is 5.75 Å². The zero-order valence-corrected chi connectivity index (χ0v) is 10.7. The average molecular weight is 270 g/mol. The number of carbonyl (C=O) groups excluding carboxylic acids is 1. The van der Waals surface area contributed by atoms with Crippen LogP contribution in [0.3, 0.4) is 0 Å². The van der Waals surface area contributed by atoms with Gasteiger partial charge in [-0.15, -0.1) is 12.1 Å². The summed E-state index contributed by atoms with van der Waals surface area (Å²) in [6.07, 6.45) is 0. The van der Waals surface area contributed by atoms with Gasteiger partial charge in [-0.2, -0.15) is 30.3 Å². The molecule has 0 amide bonds. The molecule has 0 N–H and O–H groups in total. The van der Waals surface area contributed by atoms with Gasteiger partial charge in [0.25, 0.3) is 5.97 Å². The fourth-order valence-electron chi connectivity index (χ4n) is 0.939. The van der Waals surface area contributed by atoms with E-state index in [2.05, 4.69) is 6.58 Å².